The molecule has 0 spiro atoms. The molecule has 0 aliphatic carbocycles. The number of benzene rings is 1. The molecular formula is C12H18FNO2. The van der Waals surface area contributed by atoms with Crippen molar-refractivity contribution in [3.05, 3.63) is 30.1 Å². The van der Waals surface area contributed by atoms with Gasteiger partial charge in [0.2, 0.25) is 0 Å². The van der Waals surface area contributed by atoms with E-state index in [4.69, 9.17) is 9.84 Å². The third kappa shape index (κ3) is 4.59. The molecule has 0 heterocycles. The SMILES string of the molecule is CCCNC(CO)COc1ccc(F)cc1. The normalized spacial score (nSPS) is 12.4. The third-order valence-electron chi connectivity index (χ3n) is 2.17. The Kier molecular flexibility index (Phi) is 5.82. The van der Waals surface area contributed by atoms with Gasteiger partial charge in [-0.2, -0.15) is 0 Å². The van der Waals surface area contributed by atoms with Crippen molar-refractivity contribution in [1.82, 2.24) is 5.32 Å². The molecule has 0 aromatic heterocycles. The Morgan fingerprint density at radius 2 is 2.06 bits per heavy atom. The topological polar surface area (TPSA) is 41.5 Å². The Bertz CT molecular complexity index is 290. The first kappa shape index (κ1) is 12.9. The van der Waals surface area contributed by atoms with E-state index in [0.717, 1.165) is 13.0 Å². The van der Waals surface area contributed by atoms with Crippen molar-refractivity contribution in [2.75, 3.05) is 19.8 Å². The lowest BCUT2D eigenvalue weighted by molar-refractivity contribution is 0.183. The zero-order valence-electron chi connectivity index (χ0n) is 9.45. The number of nitrogens with one attached hydrogen (secondary N) is 1. The summed E-state index contributed by atoms with van der Waals surface area (Å²) in [5.74, 6) is 0.327. The largest absolute Gasteiger partial charge is 0.492 e. The van der Waals surface area contributed by atoms with E-state index < -0.39 is 0 Å². The molecule has 0 aliphatic rings. The van der Waals surface area contributed by atoms with Gasteiger partial charge in [-0.25, -0.2) is 4.39 Å². The Hall–Kier alpha value is -1.13. The first-order valence-corrected chi connectivity index (χ1v) is 5.49. The van der Waals surface area contributed by atoms with E-state index in [0.29, 0.717) is 12.4 Å². The molecule has 0 amide bonds. The molecule has 3 nitrogen and oxygen atoms in total. The van der Waals surface area contributed by atoms with Crippen molar-refractivity contribution in [3.8, 4) is 5.75 Å². The summed E-state index contributed by atoms with van der Waals surface area (Å²) in [6.07, 6.45) is 1.01. The Labute approximate surface area is 95.2 Å². The molecule has 90 valence electrons. The number of hydrogen-bond acceptors (Lipinski definition) is 3. The highest BCUT2D eigenvalue weighted by Crippen LogP contribution is 2.11. The van der Waals surface area contributed by atoms with Gasteiger partial charge in [-0.15, -0.1) is 0 Å². The van der Waals surface area contributed by atoms with Gasteiger partial charge in [-0.05, 0) is 37.2 Å². The van der Waals surface area contributed by atoms with Crippen molar-refractivity contribution < 1.29 is 14.2 Å². The molecule has 1 aromatic carbocycles. The number of ether oxygens (including phenoxy) is 1. The predicted molar refractivity (Wildman–Crippen MR) is 61.1 cm³/mol. The van der Waals surface area contributed by atoms with Gasteiger partial charge in [0.15, 0.2) is 0 Å². The van der Waals surface area contributed by atoms with Crippen LogP contribution in [0.3, 0.4) is 0 Å². The number of halogens is 1. The second-order valence-electron chi connectivity index (χ2n) is 3.60. The van der Waals surface area contributed by atoms with E-state index in [1.54, 1.807) is 12.1 Å². The molecule has 1 unspecified atom stereocenters. The fourth-order valence-corrected chi connectivity index (χ4v) is 1.25. The van der Waals surface area contributed by atoms with Crippen molar-refractivity contribution in [2.24, 2.45) is 0 Å². The van der Waals surface area contributed by atoms with Crippen LogP contribution in [0.4, 0.5) is 4.39 Å². The highest BCUT2D eigenvalue weighted by molar-refractivity contribution is 5.22. The standard InChI is InChI=1S/C12H18FNO2/c1-2-7-14-11(8-15)9-16-12-5-3-10(13)4-6-12/h3-6,11,14-15H,2,7-9H2,1H3. The molecule has 4 heteroatoms. The smallest absolute Gasteiger partial charge is 0.123 e. The predicted octanol–water partition coefficient (Wildman–Crippen LogP) is 1.56. The Balaban J connectivity index is 2.34. The first-order chi connectivity index (χ1) is 7.76. The minimum Gasteiger partial charge on any atom is -0.492 e. The highest BCUT2D eigenvalue weighted by atomic mass is 19.1. The number of hydrogen-bond donors (Lipinski definition) is 2. The molecule has 2 N–H and O–H groups in total. The number of aliphatic hydroxyl groups excluding tert-OH is 1. The summed E-state index contributed by atoms with van der Waals surface area (Å²) in [4.78, 5) is 0. The minimum atomic E-state index is -0.282. The van der Waals surface area contributed by atoms with Gasteiger partial charge in [0.05, 0.1) is 12.6 Å². The van der Waals surface area contributed by atoms with Crippen molar-refractivity contribution in [2.45, 2.75) is 19.4 Å². The van der Waals surface area contributed by atoms with Crippen LogP contribution in [-0.4, -0.2) is 30.9 Å². The summed E-state index contributed by atoms with van der Waals surface area (Å²) in [5, 5.41) is 12.2. The van der Waals surface area contributed by atoms with Crippen LogP contribution in [0.2, 0.25) is 0 Å². The third-order valence-corrected chi connectivity index (χ3v) is 2.17. The molecule has 0 saturated carbocycles. The summed E-state index contributed by atoms with van der Waals surface area (Å²) in [7, 11) is 0. The molecular weight excluding hydrogens is 209 g/mol. The molecule has 0 radical (unpaired) electrons. The maximum Gasteiger partial charge on any atom is 0.123 e. The maximum atomic E-state index is 12.6. The van der Waals surface area contributed by atoms with Gasteiger partial charge >= 0.3 is 0 Å². The lowest BCUT2D eigenvalue weighted by atomic mass is 10.3. The van der Waals surface area contributed by atoms with Crippen LogP contribution in [0, 0.1) is 5.82 Å². The zero-order valence-corrected chi connectivity index (χ0v) is 9.45. The fourth-order valence-electron chi connectivity index (χ4n) is 1.25. The van der Waals surface area contributed by atoms with E-state index in [-0.39, 0.29) is 18.5 Å². The molecule has 1 rings (SSSR count). The van der Waals surface area contributed by atoms with Gasteiger partial charge < -0.3 is 15.2 Å². The van der Waals surface area contributed by atoms with Crippen LogP contribution in [0.15, 0.2) is 24.3 Å². The highest BCUT2D eigenvalue weighted by Gasteiger charge is 2.06. The average molecular weight is 227 g/mol. The summed E-state index contributed by atoms with van der Waals surface area (Å²) >= 11 is 0. The quantitative estimate of drug-likeness (QED) is 0.743. The van der Waals surface area contributed by atoms with Crippen LogP contribution in [0.25, 0.3) is 0 Å². The second kappa shape index (κ2) is 7.19. The van der Waals surface area contributed by atoms with Crippen molar-refractivity contribution in [1.29, 1.82) is 0 Å². The second-order valence-corrected chi connectivity index (χ2v) is 3.60. The summed E-state index contributed by atoms with van der Waals surface area (Å²) < 4.78 is 18.0. The molecule has 1 atom stereocenters. The first-order valence-electron chi connectivity index (χ1n) is 5.49. The Morgan fingerprint density at radius 1 is 1.38 bits per heavy atom. The van der Waals surface area contributed by atoms with E-state index >= 15 is 0 Å². The Morgan fingerprint density at radius 3 is 2.62 bits per heavy atom. The average Bonchev–Trinajstić information content (AvgIpc) is 2.32. The summed E-state index contributed by atoms with van der Waals surface area (Å²) in [5.41, 5.74) is 0. The number of aliphatic hydroxyl groups is 1. The van der Waals surface area contributed by atoms with E-state index in [9.17, 15) is 4.39 Å². The van der Waals surface area contributed by atoms with Gasteiger partial charge in [0.25, 0.3) is 0 Å². The lowest BCUT2D eigenvalue weighted by Crippen LogP contribution is -2.38. The number of rotatable bonds is 7. The van der Waals surface area contributed by atoms with Gasteiger partial charge in [-0.1, -0.05) is 6.92 Å². The molecule has 0 bridgehead atoms. The fraction of sp³-hybridized carbons (Fsp3) is 0.500. The van der Waals surface area contributed by atoms with E-state index in [1.807, 2.05) is 0 Å². The van der Waals surface area contributed by atoms with Crippen LogP contribution < -0.4 is 10.1 Å². The van der Waals surface area contributed by atoms with Crippen molar-refractivity contribution >= 4 is 0 Å². The van der Waals surface area contributed by atoms with Crippen molar-refractivity contribution in [3.63, 3.8) is 0 Å². The van der Waals surface area contributed by atoms with Gasteiger partial charge in [-0.3, -0.25) is 0 Å². The summed E-state index contributed by atoms with van der Waals surface area (Å²) in [6.45, 7) is 3.31. The molecule has 16 heavy (non-hydrogen) atoms. The maximum absolute atomic E-state index is 12.6. The molecule has 0 aliphatic heterocycles. The van der Waals surface area contributed by atoms with Gasteiger partial charge in [0, 0.05) is 0 Å². The van der Waals surface area contributed by atoms with Crippen LogP contribution in [0.1, 0.15) is 13.3 Å². The molecule has 0 saturated heterocycles. The van der Waals surface area contributed by atoms with Crippen LogP contribution in [-0.2, 0) is 0 Å². The monoisotopic (exact) mass is 227 g/mol. The molecule has 1 aromatic rings. The molecule has 0 fully saturated rings. The van der Waals surface area contributed by atoms with Gasteiger partial charge in [0.1, 0.15) is 18.2 Å². The van der Waals surface area contributed by atoms with E-state index in [1.165, 1.54) is 12.1 Å². The summed E-state index contributed by atoms with van der Waals surface area (Å²) in [6, 6.07) is 5.77. The van der Waals surface area contributed by atoms with Crippen LogP contribution >= 0.6 is 0 Å². The van der Waals surface area contributed by atoms with Crippen LogP contribution in [0.5, 0.6) is 5.75 Å². The minimum absolute atomic E-state index is 0.0290. The zero-order chi connectivity index (χ0) is 11.8. The van der Waals surface area contributed by atoms with E-state index in [2.05, 4.69) is 12.2 Å². The lowest BCUT2D eigenvalue weighted by Gasteiger charge is -2.16.